The lowest BCUT2D eigenvalue weighted by Crippen LogP contribution is -2.46. The van der Waals surface area contributed by atoms with E-state index in [-0.39, 0.29) is 6.04 Å². The Kier molecular flexibility index (Phi) is 5.19. The zero-order chi connectivity index (χ0) is 17.2. The van der Waals surface area contributed by atoms with Gasteiger partial charge in [-0.1, -0.05) is 12.1 Å². The van der Waals surface area contributed by atoms with Gasteiger partial charge in [0.05, 0.1) is 6.04 Å². The second-order valence-corrected chi connectivity index (χ2v) is 7.38. The molecule has 1 aliphatic heterocycles. The third-order valence-corrected chi connectivity index (χ3v) is 4.56. The summed E-state index contributed by atoms with van der Waals surface area (Å²) in [6.07, 6.45) is -0.881. The first-order valence-electron chi connectivity index (χ1n) is 8.26. The molecule has 1 aliphatic rings. The highest BCUT2D eigenvalue weighted by molar-refractivity contribution is 5.67. The summed E-state index contributed by atoms with van der Waals surface area (Å²) >= 11 is 0. The van der Waals surface area contributed by atoms with Crippen LogP contribution in [-0.4, -0.2) is 59.8 Å². The van der Waals surface area contributed by atoms with Crippen molar-refractivity contribution in [2.24, 2.45) is 0 Å². The summed E-state index contributed by atoms with van der Waals surface area (Å²) in [5, 5.41) is 9.54. The van der Waals surface area contributed by atoms with Crippen molar-refractivity contribution in [1.82, 2.24) is 9.80 Å². The molecule has 1 saturated heterocycles. The van der Waals surface area contributed by atoms with Gasteiger partial charge in [0.1, 0.15) is 0 Å². The van der Waals surface area contributed by atoms with Gasteiger partial charge >= 0.3 is 6.09 Å². The Morgan fingerprint density at radius 3 is 2.09 bits per heavy atom. The molecule has 1 N–H and O–H groups in total. The third kappa shape index (κ3) is 4.16. The minimum Gasteiger partial charge on any atom is -0.465 e. The standard InChI is InChI=1S/C18H29N3O2/c1-14(21(17(22)23)18(2,3)4)15-6-8-16(9-7-15)20-12-10-19(5)11-13-20/h6-9,14H,10-13H2,1-5H3,(H,22,23)/t14-/m0/s1. The molecule has 5 nitrogen and oxygen atoms in total. The molecule has 1 heterocycles. The lowest BCUT2D eigenvalue weighted by atomic mass is 9.99. The van der Waals surface area contributed by atoms with Crippen LogP contribution in [0.2, 0.25) is 0 Å². The van der Waals surface area contributed by atoms with E-state index in [0.29, 0.717) is 0 Å². The van der Waals surface area contributed by atoms with Gasteiger partial charge in [0, 0.05) is 37.4 Å². The zero-order valence-corrected chi connectivity index (χ0v) is 14.9. The molecule has 0 saturated carbocycles. The van der Waals surface area contributed by atoms with Crippen LogP contribution in [0.4, 0.5) is 10.5 Å². The van der Waals surface area contributed by atoms with Crippen molar-refractivity contribution in [3.05, 3.63) is 29.8 Å². The quantitative estimate of drug-likeness (QED) is 0.929. The van der Waals surface area contributed by atoms with Gasteiger partial charge in [-0.3, -0.25) is 4.90 Å². The summed E-state index contributed by atoms with van der Waals surface area (Å²) in [6.45, 7) is 12.0. The molecule has 1 amide bonds. The van der Waals surface area contributed by atoms with Crippen LogP contribution in [0.3, 0.4) is 0 Å². The van der Waals surface area contributed by atoms with Gasteiger partial charge in [0.25, 0.3) is 0 Å². The molecule has 1 atom stereocenters. The van der Waals surface area contributed by atoms with Crippen LogP contribution in [0.5, 0.6) is 0 Å². The second kappa shape index (κ2) is 6.79. The van der Waals surface area contributed by atoms with E-state index < -0.39 is 11.6 Å². The number of piperazine rings is 1. The summed E-state index contributed by atoms with van der Waals surface area (Å²) < 4.78 is 0. The highest BCUT2D eigenvalue weighted by Gasteiger charge is 2.31. The molecule has 23 heavy (non-hydrogen) atoms. The molecule has 1 aromatic carbocycles. The number of amides is 1. The van der Waals surface area contributed by atoms with Crippen LogP contribution in [0.1, 0.15) is 39.3 Å². The fraction of sp³-hybridized carbons (Fsp3) is 0.611. The van der Waals surface area contributed by atoms with Gasteiger partial charge in [-0.25, -0.2) is 4.79 Å². The average Bonchev–Trinajstić information content (AvgIpc) is 2.46. The van der Waals surface area contributed by atoms with E-state index >= 15 is 0 Å². The molecule has 128 valence electrons. The molecule has 0 spiro atoms. The maximum atomic E-state index is 11.6. The highest BCUT2D eigenvalue weighted by Crippen LogP contribution is 2.29. The smallest absolute Gasteiger partial charge is 0.408 e. The topological polar surface area (TPSA) is 47.0 Å². The Morgan fingerprint density at radius 1 is 1.13 bits per heavy atom. The Bertz CT molecular complexity index is 528. The van der Waals surface area contributed by atoms with Crippen LogP contribution in [0.15, 0.2) is 24.3 Å². The Labute approximate surface area is 139 Å². The van der Waals surface area contributed by atoms with Crippen molar-refractivity contribution >= 4 is 11.8 Å². The molecule has 0 unspecified atom stereocenters. The number of rotatable bonds is 3. The van der Waals surface area contributed by atoms with Gasteiger partial charge in [-0.2, -0.15) is 0 Å². The largest absolute Gasteiger partial charge is 0.465 e. The number of carbonyl (C=O) groups is 1. The summed E-state index contributed by atoms with van der Waals surface area (Å²) in [5.41, 5.74) is 1.81. The molecular formula is C18H29N3O2. The van der Waals surface area contributed by atoms with Gasteiger partial charge in [0.15, 0.2) is 0 Å². The summed E-state index contributed by atoms with van der Waals surface area (Å²) in [6, 6.07) is 8.16. The van der Waals surface area contributed by atoms with E-state index in [1.165, 1.54) is 10.6 Å². The number of likely N-dealkylation sites (N-methyl/N-ethyl adjacent to an activating group) is 1. The molecule has 0 bridgehead atoms. The van der Waals surface area contributed by atoms with Gasteiger partial charge in [-0.15, -0.1) is 0 Å². The molecule has 0 aliphatic carbocycles. The van der Waals surface area contributed by atoms with Crippen molar-refractivity contribution in [1.29, 1.82) is 0 Å². The van der Waals surface area contributed by atoms with Crippen LogP contribution in [-0.2, 0) is 0 Å². The predicted molar refractivity (Wildman–Crippen MR) is 94.2 cm³/mol. The number of benzene rings is 1. The zero-order valence-electron chi connectivity index (χ0n) is 14.9. The fourth-order valence-corrected chi connectivity index (χ4v) is 3.21. The number of nitrogens with zero attached hydrogens (tertiary/aromatic N) is 3. The Morgan fingerprint density at radius 2 is 1.65 bits per heavy atom. The molecule has 1 fully saturated rings. The van der Waals surface area contributed by atoms with E-state index in [4.69, 9.17) is 0 Å². The van der Waals surface area contributed by atoms with E-state index in [1.54, 1.807) is 0 Å². The van der Waals surface area contributed by atoms with E-state index in [9.17, 15) is 9.90 Å². The third-order valence-electron chi connectivity index (χ3n) is 4.56. The minimum atomic E-state index is -0.881. The second-order valence-electron chi connectivity index (χ2n) is 7.38. The first kappa shape index (κ1) is 17.6. The number of anilines is 1. The lowest BCUT2D eigenvalue weighted by Gasteiger charge is -2.38. The first-order valence-corrected chi connectivity index (χ1v) is 8.26. The molecule has 0 aromatic heterocycles. The Hall–Kier alpha value is -1.75. The minimum absolute atomic E-state index is 0.172. The molecular weight excluding hydrogens is 290 g/mol. The summed E-state index contributed by atoms with van der Waals surface area (Å²) in [4.78, 5) is 17.8. The van der Waals surface area contributed by atoms with Crippen LogP contribution >= 0.6 is 0 Å². The Balaban J connectivity index is 2.13. The lowest BCUT2D eigenvalue weighted by molar-refractivity contribution is 0.0753. The first-order chi connectivity index (χ1) is 10.7. The van der Waals surface area contributed by atoms with E-state index in [2.05, 4.69) is 41.1 Å². The molecule has 5 heteroatoms. The fourth-order valence-electron chi connectivity index (χ4n) is 3.21. The summed E-state index contributed by atoms with van der Waals surface area (Å²) in [5.74, 6) is 0. The van der Waals surface area contributed by atoms with Gasteiger partial charge in [0.2, 0.25) is 0 Å². The van der Waals surface area contributed by atoms with Gasteiger partial charge < -0.3 is 14.9 Å². The van der Waals surface area contributed by atoms with E-state index in [0.717, 1.165) is 31.7 Å². The molecule has 0 radical (unpaired) electrons. The highest BCUT2D eigenvalue weighted by atomic mass is 16.4. The maximum absolute atomic E-state index is 11.6. The van der Waals surface area contributed by atoms with Gasteiger partial charge in [-0.05, 0) is 52.4 Å². The molecule has 1 aromatic rings. The van der Waals surface area contributed by atoms with Crippen LogP contribution in [0, 0.1) is 0 Å². The maximum Gasteiger partial charge on any atom is 0.408 e. The SMILES string of the molecule is C[C@@H](c1ccc(N2CCN(C)CC2)cc1)N(C(=O)O)C(C)(C)C. The number of hydrogen-bond acceptors (Lipinski definition) is 3. The summed E-state index contributed by atoms with van der Waals surface area (Å²) in [7, 11) is 2.15. The van der Waals surface area contributed by atoms with Crippen molar-refractivity contribution in [2.75, 3.05) is 38.1 Å². The van der Waals surface area contributed by atoms with Crippen molar-refractivity contribution in [3.8, 4) is 0 Å². The average molecular weight is 319 g/mol. The molecule has 2 rings (SSSR count). The monoisotopic (exact) mass is 319 g/mol. The van der Waals surface area contributed by atoms with Crippen molar-refractivity contribution in [2.45, 2.75) is 39.3 Å². The normalized spacial score (nSPS) is 17.9. The van der Waals surface area contributed by atoms with Crippen molar-refractivity contribution < 1.29 is 9.90 Å². The predicted octanol–water partition coefficient (Wildman–Crippen LogP) is 3.28. The van der Waals surface area contributed by atoms with Crippen molar-refractivity contribution in [3.63, 3.8) is 0 Å². The number of hydrogen-bond donors (Lipinski definition) is 1. The van der Waals surface area contributed by atoms with Crippen LogP contribution < -0.4 is 4.90 Å². The van der Waals surface area contributed by atoms with E-state index in [1.807, 2.05) is 27.7 Å². The number of carboxylic acid groups (broad SMARTS) is 1. The van der Waals surface area contributed by atoms with Crippen LogP contribution in [0.25, 0.3) is 0 Å².